The third-order valence-corrected chi connectivity index (χ3v) is 2.00. The second-order valence-corrected chi connectivity index (χ2v) is 3.23. The van der Waals surface area contributed by atoms with Crippen LogP contribution in [0.15, 0.2) is 0 Å². The molecule has 0 aromatic heterocycles. The highest BCUT2D eigenvalue weighted by Gasteiger charge is 2.17. The summed E-state index contributed by atoms with van der Waals surface area (Å²) in [6.45, 7) is 5.52. The highest BCUT2D eigenvalue weighted by Crippen LogP contribution is 1.92. The Morgan fingerprint density at radius 3 is 2.14 bits per heavy atom. The average molecular weight is 202 g/mol. The van der Waals surface area contributed by atoms with Crippen molar-refractivity contribution < 1.29 is 14.7 Å². The van der Waals surface area contributed by atoms with Crippen LogP contribution in [0.3, 0.4) is 0 Å². The van der Waals surface area contributed by atoms with Crippen molar-refractivity contribution in [3.8, 4) is 0 Å². The van der Waals surface area contributed by atoms with Gasteiger partial charge in [0.1, 0.15) is 6.04 Å². The Morgan fingerprint density at radius 2 is 1.79 bits per heavy atom. The highest BCUT2D eigenvalue weighted by atomic mass is 16.4. The summed E-state index contributed by atoms with van der Waals surface area (Å²) in [7, 11) is 0. The molecule has 0 radical (unpaired) electrons. The average Bonchev–Trinajstić information content (AvgIpc) is 2.13. The second kappa shape index (κ2) is 6.23. The summed E-state index contributed by atoms with van der Waals surface area (Å²) in [4.78, 5) is 21.8. The summed E-state index contributed by atoms with van der Waals surface area (Å²) < 4.78 is 0. The first kappa shape index (κ1) is 12.7. The van der Waals surface area contributed by atoms with E-state index >= 15 is 0 Å². The van der Waals surface area contributed by atoms with Gasteiger partial charge in [-0.3, -0.25) is 0 Å². The molecule has 0 aliphatic rings. The van der Waals surface area contributed by atoms with Gasteiger partial charge >= 0.3 is 12.0 Å². The molecule has 2 atom stereocenters. The van der Waals surface area contributed by atoms with Gasteiger partial charge in [0.2, 0.25) is 0 Å². The van der Waals surface area contributed by atoms with Gasteiger partial charge in [0.15, 0.2) is 0 Å². The number of nitrogens with one attached hydrogen (secondary N) is 2. The standard InChI is InChI=1S/C9H18N2O3/c1-4-6(3)10-9(14)11-7(5-2)8(12)13/h6-7H,4-5H2,1-3H3,(H,12,13)(H2,10,11,14)/t6?,7-/m1/s1. The van der Waals surface area contributed by atoms with Crippen LogP contribution in [0.2, 0.25) is 0 Å². The number of carbonyl (C=O) groups is 2. The van der Waals surface area contributed by atoms with Crippen LogP contribution in [0, 0.1) is 0 Å². The molecule has 3 N–H and O–H groups in total. The lowest BCUT2D eigenvalue weighted by atomic mass is 10.2. The molecule has 0 aliphatic heterocycles. The molecule has 5 nitrogen and oxygen atoms in total. The maximum Gasteiger partial charge on any atom is 0.326 e. The Kier molecular flexibility index (Phi) is 5.67. The van der Waals surface area contributed by atoms with E-state index in [9.17, 15) is 9.59 Å². The maximum atomic E-state index is 11.2. The third-order valence-electron chi connectivity index (χ3n) is 2.00. The zero-order chi connectivity index (χ0) is 11.1. The Balaban J connectivity index is 3.97. The quantitative estimate of drug-likeness (QED) is 0.621. The van der Waals surface area contributed by atoms with Crippen molar-refractivity contribution in [2.75, 3.05) is 0 Å². The lowest BCUT2D eigenvalue weighted by Crippen LogP contribution is -2.48. The third kappa shape index (κ3) is 4.69. The molecule has 1 unspecified atom stereocenters. The van der Waals surface area contributed by atoms with Crippen LogP contribution in [0.25, 0.3) is 0 Å². The summed E-state index contributed by atoms with van der Waals surface area (Å²) in [5.74, 6) is -1.01. The number of hydrogen-bond acceptors (Lipinski definition) is 2. The SMILES string of the molecule is CCC(C)NC(=O)N[C@H](CC)C(=O)O. The molecule has 0 aliphatic carbocycles. The van der Waals surface area contributed by atoms with Gasteiger partial charge in [-0.2, -0.15) is 0 Å². The molecule has 0 aromatic carbocycles. The first-order valence-corrected chi connectivity index (χ1v) is 4.81. The molecule has 0 fully saturated rings. The lowest BCUT2D eigenvalue weighted by Gasteiger charge is -2.16. The van der Waals surface area contributed by atoms with Crippen LogP contribution in [-0.2, 0) is 4.79 Å². The second-order valence-electron chi connectivity index (χ2n) is 3.23. The van der Waals surface area contributed by atoms with Crippen molar-refractivity contribution >= 4 is 12.0 Å². The topological polar surface area (TPSA) is 78.4 Å². The molecule has 14 heavy (non-hydrogen) atoms. The minimum Gasteiger partial charge on any atom is -0.480 e. The van der Waals surface area contributed by atoms with E-state index in [0.717, 1.165) is 6.42 Å². The van der Waals surface area contributed by atoms with E-state index in [1.165, 1.54) is 0 Å². The Labute approximate surface area is 83.9 Å². The molecule has 0 aromatic rings. The van der Waals surface area contributed by atoms with Gasteiger partial charge in [0.05, 0.1) is 0 Å². The zero-order valence-electron chi connectivity index (χ0n) is 8.83. The van der Waals surface area contributed by atoms with Gasteiger partial charge in [-0.15, -0.1) is 0 Å². The Morgan fingerprint density at radius 1 is 1.21 bits per heavy atom. The lowest BCUT2D eigenvalue weighted by molar-refractivity contribution is -0.139. The molecule has 0 heterocycles. The van der Waals surface area contributed by atoms with Gasteiger partial charge < -0.3 is 15.7 Å². The number of rotatable bonds is 5. The van der Waals surface area contributed by atoms with Crippen molar-refractivity contribution in [3.05, 3.63) is 0 Å². The predicted octanol–water partition coefficient (Wildman–Crippen LogP) is 0.947. The van der Waals surface area contributed by atoms with Gasteiger partial charge in [0, 0.05) is 6.04 Å². The number of aliphatic carboxylic acids is 1. The minimum atomic E-state index is -1.01. The van der Waals surface area contributed by atoms with E-state index in [4.69, 9.17) is 5.11 Å². The predicted molar refractivity (Wildman–Crippen MR) is 53.1 cm³/mol. The van der Waals surface area contributed by atoms with Crippen molar-refractivity contribution in [1.29, 1.82) is 0 Å². The summed E-state index contributed by atoms with van der Waals surface area (Å²) in [5.41, 5.74) is 0. The number of carboxylic acids is 1. The summed E-state index contributed by atoms with van der Waals surface area (Å²) in [5, 5.41) is 13.7. The van der Waals surface area contributed by atoms with Crippen molar-refractivity contribution in [3.63, 3.8) is 0 Å². The molecule has 82 valence electrons. The van der Waals surface area contributed by atoms with E-state index < -0.39 is 18.0 Å². The van der Waals surface area contributed by atoms with Crippen molar-refractivity contribution in [2.45, 2.75) is 45.7 Å². The molecular formula is C9H18N2O3. The molecule has 2 amide bonds. The zero-order valence-corrected chi connectivity index (χ0v) is 8.83. The monoisotopic (exact) mass is 202 g/mol. The summed E-state index contributed by atoms with van der Waals surface area (Å²) >= 11 is 0. The fraction of sp³-hybridized carbons (Fsp3) is 0.778. The normalized spacial score (nSPS) is 14.2. The molecule has 0 saturated carbocycles. The maximum absolute atomic E-state index is 11.2. The van der Waals surface area contributed by atoms with Crippen molar-refractivity contribution in [1.82, 2.24) is 10.6 Å². The fourth-order valence-electron chi connectivity index (χ4n) is 0.864. The van der Waals surface area contributed by atoms with E-state index in [1.807, 2.05) is 13.8 Å². The minimum absolute atomic E-state index is 0.0568. The van der Waals surface area contributed by atoms with E-state index in [2.05, 4.69) is 10.6 Å². The fourth-order valence-corrected chi connectivity index (χ4v) is 0.864. The number of carboxylic acid groups (broad SMARTS) is 1. The Hall–Kier alpha value is -1.26. The van der Waals surface area contributed by atoms with E-state index in [0.29, 0.717) is 6.42 Å². The van der Waals surface area contributed by atoms with E-state index in [-0.39, 0.29) is 6.04 Å². The number of carbonyl (C=O) groups excluding carboxylic acids is 1. The highest BCUT2D eigenvalue weighted by molar-refractivity contribution is 5.82. The number of hydrogen-bond donors (Lipinski definition) is 3. The van der Waals surface area contributed by atoms with Gasteiger partial charge in [0.25, 0.3) is 0 Å². The molecular weight excluding hydrogens is 184 g/mol. The molecule has 0 rings (SSSR count). The number of amides is 2. The van der Waals surface area contributed by atoms with Crippen LogP contribution < -0.4 is 10.6 Å². The number of urea groups is 1. The Bertz CT molecular complexity index is 206. The first-order chi connectivity index (χ1) is 6.51. The molecule has 0 spiro atoms. The molecule has 0 saturated heterocycles. The van der Waals surface area contributed by atoms with Crippen LogP contribution >= 0.6 is 0 Å². The van der Waals surface area contributed by atoms with Crippen LogP contribution in [0.5, 0.6) is 0 Å². The van der Waals surface area contributed by atoms with Crippen molar-refractivity contribution in [2.24, 2.45) is 0 Å². The van der Waals surface area contributed by atoms with Gasteiger partial charge in [-0.25, -0.2) is 9.59 Å². The summed E-state index contributed by atoms with van der Waals surface area (Å²) in [6.07, 6.45) is 1.19. The van der Waals surface area contributed by atoms with Crippen LogP contribution in [-0.4, -0.2) is 29.2 Å². The largest absolute Gasteiger partial charge is 0.480 e. The first-order valence-electron chi connectivity index (χ1n) is 4.81. The van der Waals surface area contributed by atoms with Gasteiger partial charge in [-0.05, 0) is 19.8 Å². The van der Waals surface area contributed by atoms with Crippen LogP contribution in [0.4, 0.5) is 4.79 Å². The van der Waals surface area contributed by atoms with Gasteiger partial charge in [-0.1, -0.05) is 13.8 Å². The smallest absolute Gasteiger partial charge is 0.326 e. The van der Waals surface area contributed by atoms with E-state index in [1.54, 1.807) is 6.92 Å². The van der Waals surface area contributed by atoms with Crippen LogP contribution in [0.1, 0.15) is 33.6 Å². The molecule has 5 heteroatoms. The summed E-state index contributed by atoms with van der Waals surface area (Å²) in [6, 6.07) is -1.17. The molecule has 0 bridgehead atoms.